The van der Waals surface area contributed by atoms with Crippen molar-refractivity contribution in [2.75, 3.05) is 18.6 Å². The van der Waals surface area contributed by atoms with Gasteiger partial charge in [0.25, 0.3) is 0 Å². The summed E-state index contributed by atoms with van der Waals surface area (Å²) in [4.78, 5) is 6.20. The third kappa shape index (κ3) is 4.45. The number of hydrogen-bond donors (Lipinski definition) is 2. The molecular formula is C14H24N2OS2. The van der Waals surface area contributed by atoms with Crippen molar-refractivity contribution >= 4 is 23.1 Å². The molecule has 0 bridgehead atoms. The quantitative estimate of drug-likeness (QED) is 0.847. The van der Waals surface area contributed by atoms with Gasteiger partial charge in [0.2, 0.25) is 0 Å². The minimum atomic E-state index is -0.634. The minimum Gasteiger partial charge on any atom is -0.388 e. The molecule has 1 aromatic heterocycles. The van der Waals surface area contributed by atoms with Gasteiger partial charge in [0, 0.05) is 23.7 Å². The predicted molar refractivity (Wildman–Crippen MR) is 84.0 cm³/mol. The predicted octanol–water partition coefficient (Wildman–Crippen LogP) is 2.47. The first-order valence-corrected chi connectivity index (χ1v) is 9.11. The van der Waals surface area contributed by atoms with Gasteiger partial charge in [0.15, 0.2) is 0 Å². The molecule has 108 valence electrons. The Morgan fingerprint density at radius 1 is 1.58 bits per heavy atom. The van der Waals surface area contributed by atoms with Crippen LogP contribution in [0.1, 0.15) is 35.8 Å². The van der Waals surface area contributed by atoms with E-state index in [0.717, 1.165) is 24.6 Å². The number of rotatable bonds is 6. The monoisotopic (exact) mass is 300 g/mol. The second-order valence-electron chi connectivity index (χ2n) is 5.86. The van der Waals surface area contributed by atoms with Crippen molar-refractivity contribution in [2.24, 2.45) is 5.92 Å². The van der Waals surface area contributed by atoms with Gasteiger partial charge in [-0.25, -0.2) is 4.98 Å². The Hall–Kier alpha value is -0.100. The van der Waals surface area contributed by atoms with Crippen LogP contribution in [0.15, 0.2) is 0 Å². The molecule has 1 aliphatic rings. The summed E-state index contributed by atoms with van der Waals surface area (Å²) in [6, 6.07) is 0. The first-order chi connectivity index (χ1) is 9.00. The number of thiazole rings is 1. The number of nitrogens with one attached hydrogen (secondary N) is 1. The van der Waals surface area contributed by atoms with Gasteiger partial charge in [-0.05, 0) is 38.4 Å². The van der Waals surface area contributed by atoms with E-state index in [0.29, 0.717) is 6.54 Å². The van der Waals surface area contributed by atoms with E-state index in [2.05, 4.69) is 12.2 Å². The molecule has 2 rings (SSSR count). The van der Waals surface area contributed by atoms with Gasteiger partial charge in [-0.2, -0.15) is 11.8 Å². The molecule has 5 heteroatoms. The molecule has 0 aromatic carbocycles. The third-order valence-electron chi connectivity index (χ3n) is 3.47. The van der Waals surface area contributed by atoms with Crippen LogP contribution in [0.3, 0.4) is 0 Å². The fourth-order valence-corrected chi connectivity index (χ4v) is 4.44. The van der Waals surface area contributed by atoms with E-state index in [9.17, 15) is 5.11 Å². The highest BCUT2D eigenvalue weighted by atomic mass is 32.2. The maximum absolute atomic E-state index is 10.1. The van der Waals surface area contributed by atoms with Gasteiger partial charge >= 0.3 is 0 Å². The van der Waals surface area contributed by atoms with E-state index < -0.39 is 5.60 Å². The molecule has 0 amide bonds. The van der Waals surface area contributed by atoms with Crippen molar-refractivity contribution in [1.82, 2.24) is 10.3 Å². The van der Waals surface area contributed by atoms with Crippen molar-refractivity contribution < 1.29 is 5.11 Å². The van der Waals surface area contributed by atoms with Crippen LogP contribution in [0.4, 0.5) is 0 Å². The van der Waals surface area contributed by atoms with E-state index in [4.69, 9.17) is 4.98 Å². The number of aliphatic hydroxyl groups is 1. The molecule has 0 spiro atoms. The number of hydrogen-bond acceptors (Lipinski definition) is 5. The SMILES string of the molecule is CSCC(C)(O)CNCc1nc2c(s1)CC(C)CC2. The molecular weight excluding hydrogens is 276 g/mol. The molecule has 0 saturated heterocycles. The highest BCUT2D eigenvalue weighted by Crippen LogP contribution is 2.29. The lowest BCUT2D eigenvalue weighted by molar-refractivity contribution is 0.0846. The first-order valence-electron chi connectivity index (χ1n) is 6.89. The summed E-state index contributed by atoms with van der Waals surface area (Å²) < 4.78 is 0. The summed E-state index contributed by atoms with van der Waals surface area (Å²) >= 11 is 3.52. The highest BCUT2D eigenvalue weighted by molar-refractivity contribution is 7.98. The summed E-state index contributed by atoms with van der Waals surface area (Å²) in [5, 5.41) is 14.6. The summed E-state index contributed by atoms with van der Waals surface area (Å²) in [5.74, 6) is 1.56. The zero-order chi connectivity index (χ0) is 13.9. The molecule has 2 atom stereocenters. The van der Waals surface area contributed by atoms with Gasteiger partial charge in [-0.1, -0.05) is 6.92 Å². The maximum atomic E-state index is 10.1. The summed E-state index contributed by atoms with van der Waals surface area (Å²) in [5.41, 5.74) is 0.681. The molecule has 2 N–H and O–H groups in total. The lowest BCUT2D eigenvalue weighted by Gasteiger charge is -2.22. The molecule has 1 aliphatic carbocycles. The summed E-state index contributed by atoms with van der Waals surface area (Å²) in [6.07, 6.45) is 5.62. The normalized spacial score (nSPS) is 22.0. The Morgan fingerprint density at radius 3 is 3.11 bits per heavy atom. The second-order valence-corrected chi connectivity index (χ2v) is 7.89. The number of fused-ring (bicyclic) bond motifs is 1. The Balaban J connectivity index is 1.84. The third-order valence-corrected chi connectivity index (χ3v) is 5.50. The van der Waals surface area contributed by atoms with Crippen LogP contribution in [0.5, 0.6) is 0 Å². The minimum absolute atomic E-state index is 0.620. The Bertz CT molecular complexity index is 418. The largest absolute Gasteiger partial charge is 0.388 e. The number of nitrogens with zero attached hydrogens (tertiary/aromatic N) is 1. The second kappa shape index (κ2) is 6.57. The van der Waals surface area contributed by atoms with E-state index in [-0.39, 0.29) is 0 Å². The number of thioether (sulfide) groups is 1. The van der Waals surface area contributed by atoms with Crippen LogP contribution in [-0.2, 0) is 19.4 Å². The molecule has 2 unspecified atom stereocenters. The lowest BCUT2D eigenvalue weighted by atomic mass is 9.93. The fraction of sp³-hybridized carbons (Fsp3) is 0.786. The molecule has 3 nitrogen and oxygen atoms in total. The van der Waals surface area contributed by atoms with Crippen LogP contribution in [0.2, 0.25) is 0 Å². The standard InChI is InChI=1S/C14H24N2OS2/c1-10-4-5-11-12(6-10)19-13(16-11)7-15-8-14(2,17)9-18-3/h10,15,17H,4-9H2,1-3H3. The average molecular weight is 300 g/mol. The molecule has 19 heavy (non-hydrogen) atoms. The van der Waals surface area contributed by atoms with Crippen LogP contribution < -0.4 is 5.32 Å². The molecule has 0 radical (unpaired) electrons. The number of aryl methyl sites for hydroxylation is 1. The van der Waals surface area contributed by atoms with Crippen LogP contribution in [-0.4, -0.2) is 34.2 Å². The maximum Gasteiger partial charge on any atom is 0.107 e. The van der Waals surface area contributed by atoms with Crippen molar-refractivity contribution in [1.29, 1.82) is 0 Å². The van der Waals surface area contributed by atoms with Gasteiger partial charge in [-0.3, -0.25) is 0 Å². The van der Waals surface area contributed by atoms with E-state index in [1.165, 1.54) is 28.4 Å². The topological polar surface area (TPSA) is 45.1 Å². The van der Waals surface area contributed by atoms with Gasteiger partial charge in [0.1, 0.15) is 5.01 Å². The van der Waals surface area contributed by atoms with Crippen molar-refractivity contribution in [3.8, 4) is 0 Å². The molecule has 0 aliphatic heterocycles. The fourth-order valence-electron chi connectivity index (χ4n) is 2.47. The molecule has 0 fully saturated rings. The zero-order valence-electron chi connectivity index (χ0n) is 12.0. The Labute approximate surface area is 124 Å². The van der Waals surface area contributed by atoms with E-state index >= 15 is 0 Å². The van der Waals surface area contributed by atoms with E-state index in [1.54, 1.807) is 11.8 Å². The van der Waals surface area contributed by atoms with Gasteiger partial charge in [0.05, 0.1) is 11.3 Å². The lowest BCUT2D eigenvalue weighted by Crippen LogP contribution is -2.39. The van der Waals surface area contributed by atoms with Gasteiger partial charge < -0.3 is 10.4 Å². The van der Waals surface area contributed by atoms with Gasteiger partial charge in [-0.15, -0.1) is 11.3 Å². The Morgan fingerprint density at radius 2 is 2.37 bits per heavy atom. The average Bonchev–Trinajstić information content (AvgIpc) is 2.70. The summed E-state index contributed by atoms with van der Waals surface area (Å²) in [7, 11) is 0. The van der Waals surface area contributed by atoms with E-state index in [1.807, 2.05) is 24.5 Å². The summed E-state index contributed by atoms with van der Waals surface area (Å²) in [6.45, 7) is 5.59. The molecule has 0 saturated carbocycles. The van der Waals surface area contributed by atoms with Crippen LogP contribution in [0, 0.1) is 5.92 Å². The Kier molecular flexibility index (Phi) is 5.29. The van der Waals surface area contributed by atoms with Crippen molar-refractivity contribution in [2.45, 2.75) is 45.3 Å². The zero-order valence-corrected chi connectivity index (χ0v) is 13.7. The molecule has 1 aromatic rings. The van der Waals surface area contributed by atoms with Crippen molar-refractivity contribution in [3.05, 3.63) is 15.6 Å². The molecule has 1 heterocycles. The van der Waals surface area contributed by atoms with Crippen molar-refractivity contribution in [3.63, 3.8) is 0 Å². The van der Waals surface area contributed by atoms with Crippen LogP contribution in [0.25, 0.3) is 0 Å². The smallest absolute Gasteiger partial charge is 0.107 e. The highest BCUT2D eigenvalue weighted by Gasteiger charge is 2.21. The van der Waals surface area contributed by atoms with Crippen LogP contribution >= 0.6 is 23.1 Å². The first kappa shape index (κ1) is 15.3. The number of aromatic nitrogens is 1.